The Morgan fingerprint density at radius 1 is 1.15 bits per heavy atom. The zero-order valence-corrected chi connectivity index (χ0v) is 14.9. The van der Waals surface area contributed by atoms with Crippen LogP contribution in [-0.4, -0.2) is 28.7 Å². The number of esters is 1. The number of rotatable bonds is 4. The summed E-state index contributed by atoms with van der Waals surface area (Å²) in [6.07, 6.45) is 3.54. The molecular formula is C21H19N3O3. The molecule has 0 fully saturated rings. The van der Waals surface area contributed by atoms with Gasteiger partial charge in [0, 0.05) is 12.1 Å². The van der Waals surface area contributed by atoms with E-state index in [0.717, 1.165) is 16.8 Å². The molecule has 1 unspecified atom stereocenters. The van der Waals surface area contributed by atoms with Gasteiger partial charge in [-0.1, -0.05) is 48.5 Å². The molecule has 0 aliphatic carbocycles. The van der Waals surface area contributed by atoms with Crippen molar-refractivity contribution in [1.29, 1.82) is 0 Å². The number of para-hydroxylation sites is 1. The van der Waals surface area contributed by atoms with Crippen LogP contribution in [0.15, 0.2) is 71.8 Å². The van der Waals surface area contributed by atoms with Crippen molar-refractivity contribution in [2.75, 3.05) is 12.0 Å². The van der Waals surface area contributed by atoms with Gasteiger partial charge in [-0.3, -0.25) is 4.79 Å². The SMILES string of the molecule is COC(=O)C1Cc2ccccc2N1c1cn(Cc2ccccc2)c(=O)cn1. The van der Waals surface area contributed by atoms with Crippen molar-refractivity contribution < 1.29 is 9.53 Å². The second-order valence-corrected chi connectivity index (χ2v) is 6.44. The lowest BCUT2D eigenvalue weighted by Gasteiger charge is -2.25. The van der Waals surface area contributed by atoms with Crippen LogP contribution in [0, 0.1) is 0 Å². The molecule has 0 N–H and O–H groups in total. The second kappa shape index (κ2) is 7.07. The Hall–Kier alpha value is -3.41. The van der Waals surface area contributed by atoms with E-state index in [1.807, 2.05) is 59.5 Å². The number of nitrogens with zero attached hydrogens (tertiary/aromatic N) is 3. The normalized spacial score (nSPS) is 15.4. The van der Waals surface area contributed by atoms with E-state index in [2.05, 4.69) is 4.98 Å². The van der Waals surface area contributed by atoms with Gasteiger partial charge in [0.2, 0.25) is 0 Å². The fourth-order valence-corrected chi connectivity index (χ4v) is 3.45. The number of aromatic nitrogens is 2. The summed E-state index contributed by atoms with van der Waals surface area (Å²) in [4.78, 5) is 30.8. The lowest BCUT2D eigenvalue weighted by molar-refractivity contribution is -0.141. The summed E-state index contributed by atoms with van der Waals surface area (Å²) in [5.41, 5.74) is 2.79. The second-order valence-electron chi connectivity index (χ2n) is 6.44. The number of anilines is 2. The quantitative estimate of drug-likeness (QED) is 0.668. The Balaban J connectivity index is 1.76. The fraction of sp³-hybridized carbons (Fsp3) is 0.190. The maximum absolute atomic E-state index is 12.3. The molecule has 0 saturated carbocycles. The molecule has 3 aromatic rings. The molecule has 1 aromatic heterocycles. The van der Waals surface area contributed by atoms with E-state index >= 15 is 0 Å². The van der Waals surface area contributed by atoms with Gasteiger partial charge >= 0.3 is 5.97 Å². The van der Waals surface area contributed by atoms with Crippen LogP contribution >= 0.6 is 0 Å². The molecule has 6 heteroatoms. The number of fused-ring (bicyclic) bond motifs is 1. The van der Waals surface area contributed by atoms with Gasteiger partial charge in [-0.05, 0) is 17.2 Å². The Kier molecular flexibility index (Phi) is 4.46. The summed E-state index contributed by atoms with van der Waals surface area (Å²) < 4.78 is 6.59. The molecule has 136 valence electrons. The first-order valence-electron chi connectivity index (χ1n) is 8.73. The number of benzene rings is 2. The molecule has 0 spiro atoms. The van der Waals surface area contributed by atoms with Crippen LogP contribution in [0.4, 0.5) is 11.5 Å². The van der Waals surface area contributed by atoms with Crippen molar-refractivity contribution in [3.8, 4) is 0 Å². The number of methoxy groups -OCH3 is 1. The number of ether oxygens (including phenoxy) is 1. The van der Waals surface area contributed by atoms with Crippen molar-refractivity contribution >= 4 is 17.5 Å². The highest BCUT2D eigenvalue weighted by molar-refractivity contribution is 5.87. The van der Waals surface area contributed by atoms with Crippen LogP contribution in [-0.2, 0) is 22.5 Å². The monoisotopic (exact) mass is 361 g/mol. The zero-order valence-electron chi connectivity index (χ0n) is 14.9. The summed E-state index contributed by atoms with van der Waals surface area (Å²) in [6.45, 7) is 0.438. The van der Waals surface area contributed by atoms with E-state index in [-0.39, 0.29) is 11.5 Å². The largest absolute Gasteiger partial charge is 0.467 e. The van der Waals surface area contributed by atoms with Crippen LogP contribution < -0.4 is 10.5 Å². The highest BCUT2D eigenvalue weighted by Gasteiger charge is 2.37. The molecule has 0 amide bonds. The van der Waals surface area contributed by atoms with E-state index in [0.29, 0.717) is 18.8 Å². The summed E-state index contributed by atoms with van der Waals surface area (Å²) >= 11 is 0. The predicted molar refractivity (Wildman–Crippen MR) is 102 cm³/mol. The summed E-state index contributed by atoms with van der Waals surface area (Å²) in [5.74, 6) is 0.222. The van der Waals surface area contributed by atoms with Crippen LogP contribution in [0.25, 0.3) is 0 Å². The molecule has 1 aliphatic rings. The van der Waals surface area contributed by atoms with Gasteiger partial charge < -0.3 is 14.2 Å². The zero-order chi connectivity index (χ0) is 18.8. The Labute approximate surface area is 156 Å². The maximum Gasteiger partial charge on any atom is 0.329 e. The van der Waals surface area contributed by atoms with Crippen molar-refractivity contribution in [2.24, 2.45) is 0 Å². The van der Waals surface area contributed by atoms with E-state index in [1.54, 1.807) is 10.8 Å². The van der Waals surface area contributed by atoms with Crippen LogP contribution in [0.2, 0.25) is 0 Å². The Morgan fingerprint density at radius 3 is 2.67 bits per heavy atom. The third-order valence-electron chi connectivity index (χ3n) is 4.75. The maximum atomic E-state index is 12.3. The van der Waals surface area contributed by atoms with E-state index in [9.17, 15) is 9.59 Å². The van der Waals surface area contributed by atoms with Gasteiger partial charge in [0.15, 0.2) is 5.82 Å². The van der Waals surface area contributed by atoms with Gasteiger partial charge in [-0.25, -0.2) is 9.78 Å². The predicted octanol–water partition coefficient (Wildman–Crippen LogP) is 2.53. The van der Waals surface area contributed by atoms with Crippen molar-refractivity contribution in [3.05, 3.63) is 88.5 Å². The average molecular weight is 361 g/mol. The molecule has 2 aromatic carbocycles. The highest BCUT2D eigenvalue weighted by Crippen LogP contribution is 2.37. The van der Waals surface area contributed by atoms with Gasteiger partial charge in [0.05, 0.1) is 26.0 Å². The van der Waals surface area contributed by atoms with Gasteiger partial charge in [-0.15, -0.1) is 0 Å². The van der Waals surface area contributed by atoms with Crippen molar-refractivity contribution in [2.45, 2.75) is 19.0 Å². The fourth-order valence-electron chi connectivity index (χ4n) is 3.45. The number of carbonyl (C=O) groups is 1. The molecule has 0 bridgehead atoms. The minimum atomic E-state index is -0.498. The molecule has 0 radical (unpaired) electrons. The topological polar surface area (TPSA) is 64.4 Å². The minimum absolute atomic E-state index is 0.190. The molecular weight excluding hydrogens is 342 g/mol. The molecule has 1 atom stereocenters. The summed E-state index contributed by atoms with van der Waals surface area (Å²) in [5, 5.41) is 0. The number of hydrogen-bond donors (Lipinski definition) is 0. The Bertz CT molecular complexity index is 1030. The third kappa shape index (κ3) is 3.21. The summed E-state index contributed by atoms with van der Waals surface area (Å²) in [7, 11) is 1.38. The van der Waals surface area contributed by atoms with E-state index < -0.39 is 6.04 Å². The molecule has 1 aliphatic heterocycles. The lowest BCUT2D eigenvalue weighted by atomic mass is 10.1. The van der Waals surface area contributed by atoms with Crippen LogP contribution in [0.5, 0.6) is 0 Å². The van der Waals surface area contributed by atoms with E-state index in [4.69, 9.17) is 4.74 Å². The summed E-state index contributed by atoms with van der Waals surface area (Å²) in [6, 6.07) is 17.1. The molecule has 2 heterocycles. The molecule has 27 heavy (non-hydrogen) atoms. The van der Waals surface area contributed by atoms with E-state index in [1.165, 1.54) is 13.3 Å². The van der Waals surface area contributed by atoms with Crippen LogP contribution in [0.3, 0.4) is 0 Å². The molecule has 6 nitrogen and oxygen atoms in total. The number of hydrogen-bond acceptors (Lipinski definition) is 5. The van der Waals surface area contributed by atoms with Gasteiger partial charge in [-0.2, -0.15) is 0 Å². The van der Waals surface area contributed by atoms with Crippen molar-refractivity contribution in [1.82, 2.24) is 9.55 Å². The lowest BCUT2D eigenvalue weighted by Crippen LogP contribution is -2.37. The minimum Gasteiger partial charge on any atom is -0.467 e. The highest BCUT2D eigenvalue weighted by atomic mass is 16.5. The van der Waals surface area contributed by atoms with Gasteiger partial charge in [0.1, 0.15) is 6.04 Å². The first-order valence-corrected chi connectivity index (χ1v) is 8.73. The Morgan fingerprint density at radius 2 is 1.89 bits per heavy atom. The number of carbonyl (C=O) groups excluding carboxylic acids is 1. The standard InChI is InChI=1S/C21H19N3O3/c1-27-21(26)18-11-16-9-5-6-10-17(16)24(18)19-14-23(20(25)12-22-19)13-15-7-3-2-4-8-15/h2-10,12,14,18H,11,13H2,1H3. The molecule has 4 rings (SSSR count). The third-order valence-corrected chi connectivity index (χ3v) is 4.75. The first-order chi connectivity index (χ1) is 13.2. The van der Waals surface area contributed by atoms with Gasteiger partial charge in [0.25, 0.3) is 5.56 Å². The van der Waals surface area contributed by atoms with Crippen molar-refractivity contribution in [3.63, 3.8) is 0 Å². The first kappa shape index (κ1) is 17.0. The average Bonchev–Trinajstić information content (AvgIpc) is 3.09. The molecule has 0 saturated heterocycles. The smallest absolute Gasteiger partial charge is 0.329 e. The van der Waals surface area contributed by atoms with Crippen LogP contribution in [0.1, 0.15) is 11.1 Å².